The van der Waals surface area contributed by atoms with E-state index in [1.165, 1.54) is 19.3 Å². The zero-order chi connectivity index (χ0) is 30.9. The van der Waals surface area contributed by atoms with Crippen molar-refractivity contribution in [2.45, 2.75) is 51.0 Å². The van der Waals surface area contributed by atoms with Crippen LogP contribution >= 0.6 is 0 Å². The van der Waals surface area contributed by atoms with Crippen molar-refractivity contribution in [1.29, 1.82) is 0 Å². The fourth-order valence-electron chi connectivity index (χ4n) is 6.29. The average molecular weight is 609 g/mol. The number of hydrogen-bond donors (Lipinski definition) is 1. The van der Waals surface area contributed by atoms with Gasteiger partial charge in [-0.15, -0.1) is 13.2 Å². The molecule has 1 aromatic carbocycles. The zero-order valence-electron chi connectivity index (χ0n) is 24.2. The maximum Gasteiger partial charge on any atom is 0.573 e. The molecular formula is C29H36F4N6O4. The number of fused-ring (bicyclic) bond motifs is 1. The fraction of sp³-hybridized carbons (Fsp3) is 0.586. The molecule has 3 aliphatic rings. The number of ether oxygens (including phenoxy) is 1. The Kier molecular flexibility index (Phi) is 9.07. The summed E-state index contributed by atoms with van der Waals surface area (Å²) in [5.74, 6) is -2.31. The Balaban J connectivity index is 1.30. The first-order valence-corrected chi connectivity index (χ1v) is 14.5. The molecule has 1 aliphatic carbocycles. The second-order valence-electron chi connectivity index (χ2n) is 11.4. The summed E-state index contributed by atoms with van der Waals surface area (Å²) in [6.45, 7) is 8.16. The Hall–Kier alpha value is -3.52. The molecule has 14 heteroatoms. The molecule has 0 radical (unpaired) electrons. The highest BCUT2D eigenvalue weighted by Gasteiger charge is 2.36. The maximum absolute atomic E-state index is 14.7. The molecule has 1 aromatic heterocycles. The van der Waals surface area contributed by atoms with E-state index in [4.69, 9.17) is 0 Å². The molecule has 0 bridgehead atoms. The minimum Gasteiger partial charge on any atom is -0.403 e. The van der Waals surface area contributed by atoms with Crippen LogP contribution in [0, 0.1) is 5.82 Å². The van der Waals surface area contributed by atoms with Gasteiger partial charge in [0.25, 0.3) is 0 Å². The molecule has 5 rings (SSSR count). The van der Waals surface area contributed by atoms with E-state index in [2.05, 4.69) is 24.5 Å². The van der Waals surface area contributed by atoms with Crippen LogP contribution in [0.3, 0.4) is 0 Å². The lowest BCUT2D eigenvalue weighted by atomic mass is 9.93. The molecule has 0 unspecified atom stereocenters. The molecule has 43 heavy (non-hydrogen) atoms. The largest absolute Gasteiger partial charge is 0.573 e. The van der Waals surface area contributed by atoms with Crippen LogP contribution in [0.1, 0.15) is 61.4 Å². The van der Waals surface area contributed by atoms with Crippen LogP contribution in [0.4, 0.5) is 23.4 Å². The van der Waals surface area contributed by atoms with Gasteiger partial charge in [-0.25, -0.2) is 14.4 Å². The number of aliphatic hydroxyl groups excluding tert-OH is 1. The van der Waals surface area contributed by atoms with E-state index in [0.717, 1.165) is 23.5 Å². The Morgan fingerprint density at radius 1 is 1.05 bits per heavy atom. The van der Waals surface area contributed by atoms with Gasteiger partial charge in [0.2, 0.25) is 11.8 Å². The van der Waals surface area contributed by atoms with E-state index in [9.17, 15) is 32.3 Å². The van der Waals surface area contributed by atoms with Crippen molar-refractivity contribution in [3.05, 3.63) is 47.2 Å². The third-order valence-corrected chi connectivity index (χ3v) is 8.60. The van der Waals surface area contributed by atoms with E-state index >= 15 is 0 Å². The van der Waals surface area contributed by atoms with Gasteiger partial charge >= 0.3 is 6.36 Å². The number of benzene rings is 1. The van der Waals surface area contributed by atoms with Crippen LogP contribution in [0.5, 0.6) is 5.75 Å². The summed E-state index contributed by atoms with van der Waals surface area (Å²) in [5.41, 5.74) is 1.84. The number of carbonyl (C=O) groups is 2. The monoisotopic (exact) mass is 608 g/mol. The molecule has 1 N–H and O–H groups in total. The molecule has 2 aromatic rings. The molecular weight excluding hydrogens is 572 g/mol. The first-order chi connectivity index (χ1) is 20.4. The summed E-state index contributed by atoms with van der Waals surface area (Å²) in [7, 11) is 0. The molecule has 234 valence electrons. The SMILES string of the molecule is CC(=O)N1CCN(CC[C@@H](C(=O)N2CCN(c3ncnc4c3[C@H](C)C[C@H]4O)CC2)c2ccc(OC(F)(F)F)c(F)c2)CC1. The zero-order valence-corrected chi connectivity index (χ0v) is 24.2. The molecule has 0 spiro atoms. The topological polar surface area (TPSA) is 102 Å². The standard InChI is InChI=1S/C29H36F4N6O4/c1-18-15-23(41)26-25(18)27(35-17-34-26)38-11-13-39(14-12-38)28(42)21(5-6-36-7-9-37(10-8-36)19(2)40)20-3-4-24(22(30)16-20)43-29(31,32)33/h3-4,16-18,21,23,41H,5-15H2,1-2H3/t18-,21-,23-/m1/s1. The Labute approximate surface area is 247 Å². The number of hydrogen-bond acceptors (Lipinski definition) is 8. The van der Waals surface area contributed by atoms with Crippen LogP contribution in [0.15, 0.2) is 24.5 Å². The van der Waals surface area contributed by atoms with Crippen molar-refractivity contribution in [3.63, 3.8) is 0 Å². The second kappa shape index (κ2) is 12.6. The highest BCUT2D eigenvalue weighted by Crippen LogP contribution is 2.43. The van der Waals surface area contributed by atoms with Crippen molar-refractivity contribution >= 4 is 17.6 Å². The van der Waals surface area contributed by atoms with Gasteiger partial charge in [0.1, 0.15) is 12.1 Å². The number of anilines is 1. The van der Waals surface area contributed by atoms with Gasteiger partial charge in [-0.2, -0.15) is 0 Å². The number of carbonyl (C=O) groups excluding carboxylic acids is 2. The van der Waals surface area contributed by atoms with Crippen LogP contribution in [-0.2, 0) is 9.59 Å². The van der Waals surface area contributed by atoms with Crippen molar-refractivity contribution in [2.75, 3.05) is 63.8 Å². The number of rotatable bonds is 7. The number of piperazine rings is 2. The number of aromatic nitrogens is 2. The number of aliphatic hydroxyl groups is 1. The van der Waals surface area contributed by atoms with Gasteiger partial charge in [0, 0.05) is 64.8 Å². The molecule has 3 heterocycles. The Bertz CT molecular complexity index is 1330. The fourth-order valence-corrected chi connectivity index (χ4v) is 6.29. The third-order valence-electron chi connectivity index (χ3n) is 8.60. The minimum atomic E-state index is -5.04. The summed E-state index contributed by atoms with van der Waals surface area (Å²) in [4.78, 5) is 42.0. The summed E-state index contributed by atoms with van der Waals surface area (Å²) in [5, 5.41) is 10.4. The van der Waals surface area contributed by atoms with Crippen LogP contribution < -0.4 is 9.64 Å². The van der Waals surface area contributed by atoms with Crippen molar-refractivity contribution < 1.29 is 37.0 Å². The molecule has 0 saturated carbocycles. The molecule has 3 atom stereocenters. The summed E-state index contributed by atoms with van der Waals surface area (Å²) >= 11 is 0. The van der Waals surface area contributed by atoms with Gasteiger partial charge in [0.05, 0.1) is 17.7 Å². The first kappa shape index (κ1) is 30.9. The second-order valence-corrected chi connectivity index (χ2v) is 11.4. The highest BCUT2D eigenvalue weighted by atomic mass is 19.4. The molecule has 2 fully saturated rings. The van der Waals surface area contributed by atoms with Crippen molar-refractivity contribution in [3.8, 4) is 5.75 Å². The summed E-state index contributed by atoms with van der Waals surface area (Å²) < 4.78 is 56.7. The van der Waals surface area contributed by atoms with E-state index in [-0.39, 0.29) is 23.3 Å². The van der Waals surface area contributed by atoms with Crippen molar-refractivity contribution in [2.24, 2.45) is 0 Å². The van der Waals surface area contributed by atoms with Gasteiger partial charge in [0.15, 0.2) is 11.6 Å². The smallest absolute Gasteiger partial charge is 0.403 e. The van der Waals surface area contributed by atoms with Crippen LogP contribution in [-0.4, -0.2) is 107 Å². The predicted molar refractivity (Wildman–Crippen MR) is 148 cm³/mol. The average Bonchev–Trinajstić information content (AvgIpc) is 3.27. The number of alkyl halides is 3. The van der Waals surface area contributed by atoms with Crippen molar-refractivity contribution in [1.82, 2.24) is 24.7 Å². The molecule has 10 nitrogen and oxygen atoms in total. The first-order valence-electron chi connectivity index (χ1n) is 14.5. The van der Waals surface area contributed by atoms with Gasteiger partial charge in [-0.1, -0.05) is 13.0 Å². The molecule has 2 saturated heterocycles. The Morgan fingerprint density at radius 3 is 2.35 bits per heavy atom. The Morgan fingerprint density at radius 2 is 1.72 bits per heavy atom. The number of halogens is 4. The summed E-state index contributed by atoms with van der Waals surface area (Å²) in [6.07, 6.45) is -3.32. The number of nitrogens with zero attached hydrogens (tertiary/aromatic N) is 6. The lowest BCUT2D eigenvalue weighted by Gasteiger charge is -2.38. The van der Waals surface area contributed by atoms with E-state index in [1.54, 1.807) is 9.80 Å². The lowest BCUT2D eigenvalue weighted by Crippen LogP contribution is -2.51. The van der Waals surface area contributed by atoms with Crippen LogP contribution in [0.2, 0.25) is 0 Å². The summed E-state index contributed by atoms with van der Waals surface area (Å²) in [6, 6.07) is 3.17. The van der Waals surface area contributed by atoms with Gasteiger partial charge < -0.3 is 24.5 Å². The van der Waals surface area contributed by atoms with E-state index in [0.29, 0.717) is 77.4 Å². The van der Waals surface area contributed by atoms with E-state index < -0.39 is 30.0 Å². The minimum absolute atomic E-state index is 0.000967. The third kappa shape index (κ3) is 7.01. The van der Waals surface area contributed by atoms with Gasteiger partial charge in [-0.3, -0.25) is 14.5 Å². The van der Waals surface area contributed by atoms with Crippen LogP contribution in [0.25, 0.3) is 0 Å². The van der Waals surface area contributed by atoms with E-state index in [1.807, 2.05) is 6.92 Å². The highest BCUT2D eigenvalue weighted by molar-refractivity contribution is 5.84. The lowest BCUT2D eigenvalue weighted by molar-refractivity contribution is -0.275. The molecule has 2 amide bonds. The predicted octanol–water partition coefficient (Wildman–Crippen LogP) is 3.04. The quantitative estimate of drug-likeness (QED) is 0.479. The van der Waals surface area contributed by atoms with Gasteiger partial charge in [-0.05, 0) is 43.0 Å². The number of amides is 2. The maximum atomic E-state index is 14.7. The normalized spacial score (nSPS) is 22.0. The molecule has 2 aliphatic heterocycles.